The maximum Gasteiger partial charge on any atom is 0.292 e. The third kappa shape index (κ3) is 4.04. The predicted octanol–water partition coefficient (Wildman–Crippen LogP) is 5.45. The number of carbonyl (C=O) groups is 1. The van der Waals surface area contributed by atoms with E-state index in [-0.39, 0.29) is 23.6 Å². The van der Waals surface area contributed by atoms with Gasteiger partial charge >= 0.3 is 0 Å². The molecule has 2 heterocycles. The molecule has 0 aliphatic carbocycles. The number of nitrogens with zero attached hydrogens (tertiary/aromatic N) is 3. The monoisotopic (exact) mass is 417 g/mol. The van der Waals surface area contributed by atoms with Gasteiger partial charge in [-0.05, 0) is 25.0 Å². The van der Waals surface area contributed by atoms with Crippen LogP contribution in [0.15, 0.2) is 76.6 Å². The molecule has 0 aliphatic heterocycles. The molecule has 30 heavy (non-hydrogen) atoms. The molecule has 0 bridgehead atoms. The van der Waals surface area contributed by atoms with E-state index in [2.05, 4.69) is 34.4 Å². The van der Waals surface area contributed by atoms with Gasteiger partial charge in [0.15, 0.2) is 0 Å². The smallest absolute Gasteiger partial charge is 0.292 e. The summed E-state index contributed by atoms with van der Waals surface area (Å²) in [6.45, 7) is 3.91. The number of hydrogen-bond acceptors (Lipinski definition) is 5. The summed E-state index contributed by atoms with van der Waals surface area (Å²) in [6.07, 6.45) is 0. The standard InChI is InChI=1S/C24H23N3O2S/c1-16-15-30-23(25-16)17(2)27(3)24(28)21-14-20(26-29-21)22(18-10-6-4-7-11-18)19-12-8-5-9-13-19/h4-15,17,22H,1-3H3/t17-/m0/s1. The summed E-state index contributed by atoms with van der Waals surface area (Å²) in [5.74, 6) is -0.0968. The second kappa shape index (κ2) is 8.63. The van der Waals surface area contributed by atoms with Gasteiger partial charge in [0.2, 0.25) is 5.76 Å². The lowest BCUT2D eigenvalue weighted by Gasteiger charge is -2.21. The minimum atomic E-state index is -0.214. The van der Waals surface area contributed by atoms with Crippen LogP contribution in [0.2, 0.25) is 0 Å². The minimum Gasteiger partial charge on any atom is -0.351 e. The Morgan fingerprint density at radius 1 is 1.03 bits per heavy atom. The second-order valence-corrected chi connectivity index (χ2v) is 8.18. The molecule has 0 N–H and O–H groups in total. The van der Waals surface area contributed by atoms with E-state index in [0.29, 0.717) is 5.69 Å². The Labute approximate surface area is 180 Å². The van der Waals surface area contributed by atoms with Gasteiger partial charge in [0.25, 0.3) is 5.91 Å². The van der Waals surface area contributed by atoms with Crippen molar-refractivity contribution in [3.8, 4) is 0 Å². The summed E-state index contributed by atoms with van der Waals surface area (Å²) in [5.41, 5.74) is 3.85. The van der Waals surface area contributed by atoms with Crippen LogP contribution in [0.25, 0.3) is 0 Å². The molecule has 152 valence electrons. The van der Waals surface area contributed by atoms with E-state index in [1.807, 2.05) is 55.6 Å². The second-order valence-electron chi connectivity index (χ2n) is 7.29. The number of amides is 1. The topological polar surface area (TPSA) is 59.2 Å². The van der Waals surface area contributed by atoms with Crippen molar-refractivity contribution in [1.29, 1.82) is 0 Å². The van der Waals surface area contributed by atoms with Crippen molar-refractivity contribution in [1.82, 2.24) is 15.0 Å². The maximum atomic E-state index is 13.0. The van der Waals surface area contributed by atoms with Gasteiger partial charge in [-0.2, -0.15) is 0 Å². The number of aromatic nitrogens is 2. The van der Waals surface area contributed by atoms with Crippen LogP contribution in [0.1, 0.15) is 57.0 Å². The number of thiazole rings is 1. The van der Waals surface area contributed by atoms with Gasteiger partial charge in [0, 0.05) is 24.2 Å². The van der Waals surface area contributed by atoms with Crippen LogP contribution in [0.3, 0.4) is 0 Å². The van der Waals surface area contributed by atoms with Crippen molar-refractivity contribution < 1.29 is 9.32 Å². The Kier molecular flexibility index (Phi) is 5.77. The van der Waals surface area contributed by atoms with Crippen LogP contribution in [-0.4, -0.2) is 28.0 Å². The molecule has 0 fully saturated rings. The summed E-state index contributed by atoms with van der Waals surface area (Å²) in [6, 6.07) is 21.8. The third-order valence-corrected chi connectivity index (χ3v) is 6.33. The highest BCUT2D eigenvalue weighted by molar-refractivity contribution is 7.09. The van der Waals surface area contributed by atoms with E-state index in [0.717, 1.165) is 21.8 Å². The molecule has 0 aliphatic rings. The number of carbonyl (C=O) groups excluding carboxylic acids is 1. The van der Waals surface area contributed by atoms with Crippen molar-refractivity contribution in [2.45, 2.75) is 25.8 Å². The lowest BCUT2D eigenvalue weighted by atomic mass is 9.88. The fourth-order valence-corrected chi connectivity index (χ4v) is 4.33. The number of hydrogen-bond donors (Lipinski definition) is 0. The van der Waals surface area contributed by atoms with E-state index < -0.39 is 0 Å². The number of aryl methyl sites for hydroxylation is 1. The first-order chi connectivity index (χ1) is 14.5. The van der Waals surface area contributed by atoms with Crippen molar-refractivity contribution in [2.24, 2.45) is 0 Å². The number of rotatable bonds is 6. The normalized spacial score (nSPS) is 12.1. The van der Waals surface area contributed by atoms with Gasteiger partial charge in [-0.1, -0.05) is 65.8 Å². The van der Waals surface area contributed by atoms with Gasteiger partial charge in [0.1, 0.15) is 5.01 Å². The molecule has 2 aromatic heterocycles. The molecule has 1 amide bonds. The fourth-order valence-electron chi connectivity index (χ4n) is 3.43. The minimum absolute atomic E-state index is 0.109. The highest BCUT2D eigenvalue weighted by Gasteiger charge is 2.27. The van der Waals surface area contributed by atoms with E-state index >= 15 is 0 Å². The van der Waals surface area contributed by atoms with Gasteiger partial charge < -0.3 is 9.42 Å². The van der Waals surface area contributed by atoms with E-state index in [4.69, 9.17) is 4.52 Å². The molecule has 0 saturated carbocycles. The van der Waals surface area contributed by atoms with E-state index in [1.54, 1.807) is 29.4 Å². The van der Waals surface area contributed by atoms with E-state index in [9.17, 15) is 4.79 Å². The molecule has 0 unspecified atom stereocenters. The average Bonchev–Trinajstić information content (AvgIpc) is 3.43. The van der Waals surface area contributed by atoms with Crippen LogP contribution < -0.4 is 0 Å². The van der Waals surface area contributed by atoms with Gasteiger partial charge in [-0.15, -0.1) is 11.3 Å². The molecule has 5 nitrogen and oxygen atoms in total. The summed E-state index contributed by atoms with van der Waals surface area (Å²) in [4.78, 5) is 19.2. The molecule has 2 aromatic carbocycles. The van der Waals surface area contributed by atoms with Crippen molar-refractivity contribution in [3.05, 3.63) is 105 Å². The summed E-state index contributed by atoms with van der Waals surface area (Å²) < 4.78 is 5.50. The SMILES string of the molecule is Cc1csc([C@H](C)N(C)C(=O)c2cc(C(c3ccccc3)c3ccccc3)no2)n1. The van der Waals surface area contributed by atoms with Crippen LogP contribution in [0.5, 0.6) is 0 Å². The Bertz CT molecular complexity index is 1080. The molecule has 4 rings (SSSR count). The molecule has 0 saturated heterocycles. The number of benzene rings is 2. The largest absolute Gasteiger partial charge is 0.351 e. The van der Waals surface area contributed by atoms with E-state index in [1.165, 1.54) is 0 Å². The van der Waals surface area contributed by atoms with Crippen molar-refractivity contribution in [3.63, 3.8) is 0 Å². The summed E-state index contributed by atoms with van der Waals surface area (Å²) >= 11 is 1.55. The molecular formula is C24H23N3O2S. The van der Waals surface area contributed by atoms with Crippen LogP contribution in [-0.2, 0) is 0 Å². The molecule has 0 radical (unpaired) electrons. The molecule has 4 aromatic rings. The molecule has 6 heteroatoms. The van der Waals surface area contributed by atoms with Gasteiger partial charge in [0.05, 0.1) is 17.7 Å². The predicted molar refractivity (Wildman–Crippen MR) is 118 cm³/mol. The van der Waals surface area contributed by atoms with Crippen molar-refractivity contribution >= 4 is 17.2 Å². The maximum absolute atomic E-state index is 13.0. The van der Waals surface area contributed by atoms with Gasteiger partial charge in [-0.25, -0.2) is 4.98 Å². The first-order valence-electron chi connectivity index (χ1n) is 9.80. The summed E-state index contributed by atoms with van der Waals surface area (Å²) in [5, 5.41) is 7.16. The lowest BCUT2D eigenvalue weighted by Crippen LogP contribution is -2.29. The molecular weight excluding hydrogens is 394 g/mol. The molecule has 0 spiro atoms. The van der Waals surface area contributed by atoms with Crippen LogP contribution >= 0.6 is 11.3 Å². The highest BCUT2D eigenvalue weighted by Crippen LogP contribution is 2.32. The Balaban J connectivity index is 1.63. The van der Waals surface area contributed by atoms with Crippen molar-refractivity contribution in [2.75, 3.05) is 7.05 Å². The zero-order valence-electron chi connectivity index (χ0n) is 17.1. The lowest BCUT2D eigenvalue weighted by molar-refractivity contribution is 0.0700. The average molecular weight is 418 g/mol. The Morgan fingerprint density at radius 2 is 1.63 bits per heavy atom. The summed E-state index contributed by atoms with van der Waals surface area (Å²) in [7, 11) is 1.76. The highest BCUT2D eigenvalue weighted by atomic mass is 32.1. The van der Waals surface area contributed by atoms with Crippen LogP contribution in [0, 0.1) is 6.92 Å². The zero-order valence-corrected chi connectivity index (χ0v) is 18.0. The molecule has 1 atom stereocenters. The Morgan fingerprint density at radius 3 is 2.17 bits per heavy atom. The third-order valence-electron chi connectivity index (χ3n) is 5.20. The van der Waals surface area contributed by atoms with Gasteiger partial charge in [-0.3, -0.25) is 4.79 Å². The first kappa shape index (κ1) is 20.0. The van der Waals surface area contributed by atoms with Crippen LogP contribution in [0.4, 0.5) is 0 Å². The Hall–Kier alpha value is -3.25. The zero-order chi connectivity index (χ0) is 21.1. The fraction of sp³-hybridized carbons (Fsp3) is 0.208. The first-order valence-corrected chi connectivity index (χ1v) is 10.7. The quantitative estimate of drug-likeness (QED) is 0.418.